The smallest absolute Gasteiger partial charge is 0.322 e. The number of carbonyl (C=O) groups excluding carboxylic acids is 1. The molecule has 0 aliphatic carbocycles. The molecule has 4 heteroatoms. The number of benzene rings is 1. The normalized spacial score (nSPS) is 20.9. The third kappa shape index (κ3) is 1.99. The van der Waals surface area contributed by atoms with Gasteiger partial charge in [0.2, 0.25) is 0 Å². The third-order valence-corrected chi connectivity index (χ3v) is 2.81. The molecule has 78 valence electrons. The van der Waals surface area contributed by atoms with Gasteiger partial charge in [-0.3, -0.25) is 4.90 Å². The van der Waals surface area contributed by atoms with Crippen LogP contribution < -0.4 is 10.2 Å². The maximum absolute atomic E-state index is 11.7. The number of thiol groups is 1. The highest BCUT2D eigenvalue weighted by Crippen LogP contribution is 2.20. The molecule has 1 aliphatic heterocycles. The quantitative estimate of drug-likeness (QED) is 0.700. The zero-order valence-corrected chi connectivity index (χ0v) is 9.24. The molecule has 1 heterocycles. The van der Waals surface area contributed by atoms with Gasteiger partial charge in [-0.2, -0.15) is 12.6 Å². The molecule has 1 aromatic rings. The van der Waals surface area contributed by atoms with Crippen molar-refractivity contribution in [1.82, 2.24) is 5.32 Å². The maximum Gasteiger partial charge on any atom is 0.327 e. The molecule has 0 fully saturated rings. The van der Waals surface area contributed by atoms with Crippen LogP contribution in [0.4, 0.5) is 10.5 Å². The third-order valence-electron chi connectivity index (χ3n) is 2.28. The topological polar surface area (TPSA) is 32.3 Å². The summed E-state index contributed by atoms with van der Waals surface area (Å²) in [5, 5.41) is 2.58. The Hall–Kier alpha value is -1.42. The molecule has 0 radical (unpaired) electrons. The van der Waals surface area contributed by atoms with E-state index in [4.69, 9.17) is 0 Å². The molecule has 1 N–H and O–H groups in total. The maximum atomic E-state index is 11.7. The van der Waals surface area contributed by atoms with Crippen LogP contribution in [0.1, 0.15) is 6.92 Å². The summed E-state index contributed by atoms with van der Waals surface area (Å²) in [6.07, 6.45) is 1.81. The Bertz CT molecular complexity index is 402. The van der Waals surface area contributed by atoms with Crippen molar-refractivity contribution in [1.29, 1.82) is 0 Å². The van der Waals surface area contributed by atoms with E-state index in [2.05, 4.69) is 17.9 Å². The van der Waals surface area contributed by atoms with Gasteiger partial charge in [-0.05, 0) is 24.6 Å². The minimum Gasteiger partial charge on any atom is -0.322 e. The second kappa shape index (κ2) is 3.98. The molecule has 3 nitrogen and oxygen atoms in total. The first-order valence-corrected chi connectivity index (χ1v) is 5.21. The number of amides is 2. The molecule has 0 saturated heterocycles. The largest absolute Gasteiger partial charge is 0.327 e. The van der Waals surface area contributed by atoms with Gasteiger partial charge in [0, 0.05) is 6.20 Å². The molecule has 2 amide bonds. The van der Waals surface area contributed by atoms with E-state index < -0.39 is 0 Å². The van der Waals surface area contributed by atoms with E-state index in [0.29, 0.717) is 0 Å². The van der Waals surface area contributed by atoms with Gasteiger partial charge in [-0.25, -0.2) is 4.79 Å². The summed E-state index contributed by atoms with van der Waals surface area (Å²) in [5.74, 6) is 0. The zero-order valence-electron chi connectivity index (χ0n) is 8.34. The minimum absolute atomic E-state index is 0.146. The Morgan fingerprint density at radius 2 is 2.00 bits per heavy atom. The molecule has 1 aliphatic rings. The zero-order chi connectivity index (χ0) is 10.8. The summed E-state index contributed by atoms with van der Waals surface area (Å²) >= 11 is 4.24. The highest BCUT2D eigenvalue weighted by atomic mass is 32.1. The van der Waals surface area contributed by atoms with Crippen LogP contribution in [0, 0.1) is 0 Å². The fourth-order valence-corrected chi connectivity index (χ4v) is 1.59. The van der Waals surface area contributed by atoms with Crippen molar-refractivity contribution in [2.45, 2.75) is 12.3 Å². The standard InChI is InChI=1S/C11H12N2OS/c1-8-7-13(11(14)12-10(8)15)9-5-3-2-4-6-9/h2-7,10,15H,1H3,(H,12,14). The Kier molecular flexibility index (Phi) is 2.68. The van der Waals surface area contributed by atoms with Gasteiger partial charge in [0.15, 0.2) is 0 Å². The second-order valence-electron chi connectivity index (χ2n) is 3.43. The summed E-state index contributed by atoms with van der Waals surface area (Å²) in [6.45, 7) is 1.94. The first-order chi connectivity index (χ1) is 7.18. The molecule has 1 aromatic carbocycles. The number of rotatable bonds is 1. The molecule has 0 saturated carbocycles. The molecular weight excluding hydrogens is 208 g/mol. The van der Waals surface area contributed by atoms with Crippen LogP contribution in [0.3, 0.4) is 0 Å². The van der Waals surface area contributed by atoms with Crippen molar-refractivity contribution in [3.05, 3.63) is 42.1 Å². The van der Waals surface area contributed by atoms with Crippen molar-refractivity contribution in [3.8, 4) is 0 Å². The predicted molar refractivity (Wildman–Crippen MR) is 64.0 cm³/mol. The fourth-order valence-electron chi connectivity index (χ4n) is 1.41. The lowest BCUT2D eigenvalue weighted by atomic mass is 10.2. The molecule has 0 spiro atoms. The highest BCUT2D eigenvalue weighted by Gasteiger charge is 2.22. The minimum atomic E-state index is -0.183. The molecule has 0 aromatic heterocycles. The fraction of sp³-hybridized carbons (Fsp3) is 0.182. The van der Waals surface area contributed by atoms with E-state index in [-0.39, 0.29) is 11.4 Å². The number of para-hydroxylation sites is 1. The van der Waals surface area contributed by atoms with E-state index in [9.17, 15) is 4.79 Å². The number of carbonyl (C=O) groups is 1. The van der Waals surface area contributed by atoms with Crippen molar-refractivity contribution in [2.75, 3.05) is 4.90 Å². The average Bonchev–Trinajstić information content (AvgIpc) is 2.25. The summed E-state index contributed by atoms with van der Waals surface area (Å²) in [7, 11) is 0. The molecule has 0 bridgehead atoms. The van der Waals surface area contributed by atoms with Gasteiger partial charge in [0.25, 0.3) is 0 Å². The monoisotopic (exact) mass is 220 g/mol. The van der Waals surface area contributed by atoms with Crippen LogP contribution in [-0.4, -0.2) is 11.4 Å². The van der Waals surface area contributed by atoms with Crippen LogP contribution in [0.2, 0.25) is 0 Å². The molecule has 1 atom stereocenters. The lowest BCUT2D eigenvalue weighted by molar-refractivity contribution is 0.247. The van der Waals surface area contributed by atoms with Crippen molar-refractivity contribution in [3.63, 3.8) is 0 Å². The molecular formula is C11H12N2OS. The Morgan fingerprint density at radius 3 is 2.67 bits per heavy atom. The lowest BCUT2D eigenvalue weighted by Gasteiger charge is -2.28. The van der Waals surface area contributed by atoms with Crippen LogP contribution >= 0.6 is 12.6 Å². The van der Waals surface area contributed by atoms with Gasteiger partial charge in [-0.15, -0.1) is 0 Å². The van der Waals surface area contributed by atoms with Crippen molar-refractivity contribution in [2.24, 2.45) is 0 Å². The first-order valence-electron chi connectivity index (χ1n) is 4.69. The van der Waals surface area contributed by atoms with Gasteiger partial charge in [-0.1, -0.05) is 18.2 Å². The Morgan fingerprint density at radius 1 is 1.33 bits per heavy atom. The molecule has 15 heavy (non-hydrogen) atoms. The summed E-state index contributed by atoms with van der Waals surface area (Å²) < 4.78 is 0. The number of anilines is 1. The summed E-state index contributed by atoms with van der Waals surface area (Å²) in [4.78, 5) is 13.3. The van der Waals surface area contributed by atoms with Gasteiger partial charge < -0.3 is 5.32 Å². The number of urea groups is 1. The van der Waals surface area contributed by atoms with Crippen LogP contribution in [0.25, 0.3) is 0 Å². The van der Waals surface area contributed by atoms with Crippen molar-refractivity contribution < 1.29 is 4.79 Å². The number of nitrogens with one attached hydrogen (secondary N) is 1. The Balaban J connectivity index is 2.34. The summed E-state index contributed by atoms with van der Waals surface area (Å²) in [5.41, 5.74) is 1.87. The molecule has 1 unspecified atom stereocenters. The predicted octanol–water partition coefficient (Wildman–Crippen LogP) is 2.38. The van der Waals surface area contributed by atoms with E-state index in [1.165, 1.54) is 0 Å². The Labute approximate surface area is 94.2 Å². The van der Waals surface area contributed by atoms with Gasteiger partial charge in [0.05, 0.1) is 11.1 Å². The SMILES string of the molecule is CC1=CN(c2ccccc2)C(=O)NC1S. The number of hydrogen-bond acceptors (Lipinski definition) is 2. The first kappa shape index (κ1) is 10.1. The van der Waals surface area contributed by atoms with Crippen LogP contribution in [0.15, 0.2) is 42.1 Å². The van der Waals surface area contributed by atoms with Crippen molar-refractivity contribution >= 4 is 24.3 Å². The highest BCUT2D eigenvalue weighted by molar-refractivity contribution is 7.81. The second-order valence-corrected chi connectivity index (χ2v) is 3.95. The van der Waals surface area contributed by atoms with E-state index in [1.807, 2.05) is 43.5 Å². The van der Waals surface area contributed by atoms with Gasteiger partial charge in [0.1, 0.15) is 0 Å². The lowest BCUT2D eigenvalue weighted by Crippen LogP contribution is -2.45. The number of nitrogens with zero attached hydrogens (tertiary/aromatic N) is 1. The number of hydrogen-bond donors (Lipinski definition) is 2. The average molecular weight is 220 g/mol. The van der Waals surface area contributed by atoms with E-state index in [0.717, 1.165) is 11.3 Å². The van der Waals surface area contributed by atoms with E-state index >= 15 is 0 Å². The molecule has 2 rings (SSSR count). The van der Waals surface area contributed by atoms with Crippen LogP contribution in [0.5, 0.6) is 0 Å². The van der Waals surface area contributed by atoms with Gasteiger partial charge >= 0.3 is 6.03 Å². The summed E-state index contributed by atoms with van der Waals surface area (Å²) in [6, 6.07) is 9.36. The van der Waals surface area contributed by atoms with Crippen LogP contribution in [-0.2, 0) is 0 Å². The van der Waals surface area contributed by atoms with E-state index in [1.54, 1.807) is 4.90 Å².